The van der Waals surface area contributed by atoms with E-state index in [4.69, 9.17) is 4.98 Å². The molecular formula is C18H19N3OS. The van der Waals surface area contributed by atoms with Gasteiger partial charge in [-0.15, -0.1) is 11.3 Å². The second-order valence-corrected chi connectivity index (χ2v) is 7.09. The van der Waals surface area contributed by atoms with Gasteiger partial charge in [0.1, 0.15) is 5.65 Å². The molecule has 5 heteroatoms. The molecule has 1 atom stereocenters. The molecule has 1 aliphatic rings. The molecule has 0 amide bonds. The minimum atomic E-state index is 0.000528. The van der Waals surface area contributed by atoms with Crippen LogP contribution in [0.25, 0.3) is 5.65 Å². The third kappa shape index (κ3) is 2.71. The molecule has 3 aromatic heterocycles. The van der Waals surface area contributed by atoms with E-state index in [-0.39, 0.29) is 5.56 Å². The molecule has 0 radical (unpaired) electrons. The van der Waals surface area contributed by atoms with E-state index >= 15 is 0 Å². The lowest BCUT2D eigenvalue weighted by molar-refractivity contribution is 0.248. The quantitative estimate of drug-likeness (QED) is 0.741. The normalized spacial score (nSPS) is 18.7. The number of thiophene rings is 1. The number of likely N-dealkylation sites (tertiary alicyclic amines) is 1. The van der Waals surface area contributed by atoms with Crippen LogP contribution < -0.4 is 5.56 Å². The number of aromatic nitrogens is 2. The molecule has 23 heavy (non-hydrogen) atoms. The third-order valence-corrected chi connectivity index (χ3v) is 5.51. The molecule has 118 valence electrons. The summed E-state index contributed by atoms with van der Waals surface area (Å²) in [5.74, 6) is 0. The van der Waals surface area contributed by atoms with Crippen molar-refractivity contribution in [2.75, 3.05) is 6.54 Å². The molecule has 0 spiro atoms. The summed E-state index contributed by atoms with van der Waals surface area (Å²) >= 11 is 1.81. The van der Waals surface area contributed by atoms with Crippen molar-refractivity contribution in [2.24, 2.45) is 0 Å². The number of hydrogen-bond acceptors (Lipinski definition) is 4. The smallest absolute Gasteiger partial charge is 0.258 e. The number of fused-ring (bicyclic) bond motifs is 1. The van der Waals surface area contributed by atoms with E-state index in [0.717, 1.165) is 30.0 Å². The molecule has 3 aromatic rings. The average molecular weight is 325 g/mol. The molecule has 0 aromatic carbocycles. The van der Waals surface area contributed by atoms with Crippen molar-refractivity contribution < 1.29 is 0 Å². The Kier molecular flexibility index (Phi) is 3.75. The Morgan fingerprint density at radius 2 is 2.26 bits per heavy atom. The maximum absolute atomic E-state index is 12.3. The van der Waals surface area contributed by atoms with Gasteiger partial charge >= 0.3 is 0 Å². The highest BCUT2D eigenvalue weighted by Crippen LogP contribution is 2.35. The molecule has 1 saturated heterocycles. The molecule has 1 unspecified atom stereocenters. The Hall–Kier alpha value is -1.98. The predicted molar refractivity (Wildman–Crippen MR) is 92.9 cm³/mol. The molecular weight excluding hydrogens is 306 g/mol. The van der Waals surface area contributed by atoms with E-state index in [1.165, 1.54) is 17.7 Å². The molecule has 4 heterocycles. The van der Waals surface area contributed by atoms with Crippen LogP contribution in [0.3, 0.4) is 0 Å². The summed E-state index contributed by atoms with van der Waals surface area (Å²) in [6.07, 6.45) is 4.17. The summed E-state index contributed by atoms with van der Waals surface area (Å²) in [6.45, 7) is 3.80. The van der Waals surface area contributed by atoms with Crippen molar-refractivity contribution in [1.82, 2.24) is 14.3 Å². The highest BCUT2D eigenvalue weighted by Gasteiger charge is 2.27. The van der Waals surface area contributed by atoms with Crippen molar-refractivity contribution in [1.29, 1.82) is 0 Å². The van der Waals surface area contributed by atoms with Gasteiger partial charge in [0.05, 0.1) is 5.69 Å². The topological polar surface area (TPSA) is 37.6 Å². The first-order valence-electron chi connectivity index (χ1n) is 7.98. The van der Waals surface area contributed by atoms with E-state index in [1.54, 1.807) is 16.7 Å². The molecule has 1 aliphatic heterocycles. The van der Waals surface area contributed by atoms with Gasteiger partial charge in [0.25, 0.3) is 5.56 Å². The summed E-state index contributed by atoms with van der Waals surface area (Å²) in [5.41, 5.74) is 2.66. The lowest BCUT2D eigenvalue weighted by Crippen LogP contribution is -2.25. The second-order valence-electron chi connectivity index (χ2n) is 6.11. The van der Waals surface area contributed by atoms with Crippen molar-refractivity contribution in [3.8, 4) is 0 Å². The average Bonchev–Trinajstić information content (AvgIpc) is 3.19. The van der Waals surface area contributed by atoms with Gasteiger partial charge < -0.3 is 0 Å². The minimum absolute atomic E-state index is 0.000528. The van der Waals surface area contributed by atoms with Crippen LogP contribution in [0.1, 0.15) is 35.0 Å². The molecule has 0 N–H and O–H groups in total. The maximum Gasteiger partial charge on any atom is 0.258 e. The molecule has 1 fully saturated rings. The Balaban J connectivity index is 1.67. The van der Waals surface area contributed by atoms with Crippen molar-refractivity contribution in [3.05, 3.63) is 68.4 Å². The number of hydrogen-bond donors (Lipinski definition) is 0. The predicted octanol–water partition coefficient (Wildman–Crippen LogP) is 3.40. The molecule has 0 aliphatic carbocycles. The fraction of sp³-hybridized carbons (Fsp3) is 0.333. The SMILES string of the molecule is Cc1cccn2c(=O)cc(CN3CCCC3c3cccs3)nc12. The zero-order valence-electron chi connectivity index (χ0n) is 13.1. The minimum Gasteiger partial charge on any atom is -0.290 e. The van der Waals surface area contributed by atoms with Crippen LogP contribution in [0, 0.1) is 6.92 Å². The highest BCUT2D eigenvalue weighted by atomic mass is 32.1. The van der Waals surface area contributed by atoms with Gasteiger partial charge in [-0.3, -0.25) is 14.1 Å². The Morgan fingerprint density at radius 1 is 1.35 bits per heavy atom. The van der Waals surface area contributed by atoms with Crippen LogP contribution in [0.4, 0.5) is 0 Å². The van der Waals surface area contributed by atoms with Gasteiger partial charge in [0, 0.05) is 29.7 Å². The maximum atomic E-state index is 12.3. The molecule has 4 nitrogen and oxygen atoms in total. The lowest BCUT2D eigenvalue weighted by atomic mass is 10.2. The molecule has 0 bridgehead atoms. The van der Waals surface area contributed by atoms with Gasteiger partial charge in [-0.25, -0.2) is 4.98 Å². The Bertz CT molecular complexity index is 885. The van der Waals surface area contributed by atoms with Crippen molar-refractivity contribution in [2.45, 2.75) is 32.4 Å². The van der Waals surface area contributed by atoms with Crippen LogP contribution in [0.2, 0.25) is 0 Å². The van der Waals surface area contributed by atoms with Gasteiger partial charge in [0.2, 0.25) is 0 Å². The van der Waals surface area contributed by atoms with E-state index in [1.807, 2.05) is 30.4 Å². The highest BCUT2D eigenvalue weighted by molar-refractivity contribution is 7.10. The second kappa shape index (κ2) is 5.91. The Labute approximate surface area is 139 Å². The first-order chi connectivity index (χ1) is 11.2. The number of nitrogens with zero attached hydrogens (tertiary/aromatic N) is 3. The van der Waals surface area contributed by atoms with Crippen molar-refractivity contribution >= 4 is 17.0 Å². The van der Waals surface area contributed by atoms with E-state index in [2.05, 4.69) is 22.4 Å². The monoisotopic (exact) mass is 325 g/mol. The van der Waals surface area contributed by atoms with Crippen LogP contribution in [-0.4, -0.2) is 20.8 Å². The van der Waals surface area contributed by atoms with E-state index in [0.29, 0.717) is 6.04 Å². The zero-order chi connectivity index (χ0) is 15.8. The number of aryl methyl sites for hydroxylation is 1. The Morgan fingerprint density at radius 3 is 3.09 bits per heavy atom. The van der Waals surface area contributed by atoms with Crippen molar-refractivity contribution in [3.63, 3.8) is 0 Å². The number of pyridine rings is 1. The number of rotatable bonds is 3. The summed E-state index contributed by atoms with van der Waals surface area (Å²) < 4.78 is 1.62. The molecule has 0 saturated carbocycles. The molecule has 4 rings (SSSR count). The van der Waals surface area contributed by atoms with E-state index in [9.17, 15) is 4.79 Å². The van der Waals surface area contributed by atoms with Crippen LogP contribution >= 0.6 is 11.3 Å². The van der Waals surface area contributed by atoms with Gasteiger partial charge in [0.15, 0.2) is 0 Å². The van der Waals surface area contributed by atoms with E-state index < -0.39 is 0 Å². The van der Waals surface area contributed by atoms with Crippen LogP contribution in [-0.2, 0) is 6.54 Å². The fourth-order valence-corrected chi connectivity index (χ4v) is 4.31. The van der Waals surface area contributed by atoms with Gasteiger partial charge in [-0.2, -0.15) is 0 Å². The summed E-state index contributed by atoms with van der Waals surface area (Å²) in [6, 6.07) is 10.3. The van der Waals surface area contributed by atoms with Crippen LogP contribution in [0.5, 0.6) is 0 Å². The standard InChI is InChI=1S/C18H19N3OS/c1-13-5-2-9-21-17(22)11-14(19-18(13)21)12-20-8-3-6-15(20)16-7-4-10-23-16/h2,4-5,7,9-11,15H,3,6,8,12H2,1H3. The summed E-state index contributed by atoms with van der Waals surface area (Å²) in [4.78, 5) is 20.9. The summed E-state index contributed by atoms with van der Waals surface area (Å²) in [7, 11) is 0. The first kappa shape index (κ1) is 14.6. The zero-order valence-corrected chi connectivity index (χ0v) is 13.9. The largest absolute Gasteiger partial charge is 0.290 e. The van der Waals surface area contributed by atoms with Gasteiger partial charge in [-0.05, 0) is 49.4 Å². The third-order valence-electron chi connectivity index (χ3n) is 4.54. The van der Waals surface area contributed by atoms with Crippen LogP contribution in [0.15, 0.2) is 46.7 Å². The summed E-state index contributed by atoms with van der Waals surface area (Å²) in [5, 5.41) is 2.13. The van der Waals surface area contributed by atoms with Gasteiger partial charge in [-0.1, -0.05) is 12.1 Å². The fourth-order valence-electron chi connectivity index (χ4n) is 3.42. The first-order valence-corrected chi connectivity index (χ1v) is 8.86. The lowest BCUT2D eigenvalue weighted by Gasteiger charge is -2.23.